The van der Waals surface area contributed by atoms with Crippen LogP contribution in [-0.2, 0) is 4.79 Å². The summed E-state index contributed by atoms with van der Waals surface area (Å²) in [6, 6.07) is 0. The Bertz CT molecular complexity index is 193. The molecule has 2 N–H and O–H groups in total. The number of hydrogen-bond donors (Lipinski definition) is 2. The van der Waals surface area contributed by atoms with Crippen LogP contribution in [0, 0.1) is 12.3 Å². The van der Waals surface area contributed by atoms with Crippen molar-refractivity contribution in [1.82, 2.24) is 5.43 Å². The SMILES string of the molecule is C#CC.C=CNN=NCC(=O)O. The van der Waals surface area contributed by atoms with Gasteiger partial charge < -0.3 is 5.11 Å². The van der Waals surface area contributed by atoms with Crippen LogP contribution in [-0.4, -0.2) is 17.6 Å². The summed E-state index contributed by atoms with van der Waals surface area (Å²) in [6.45, 7) is 4.60. The lowest BCUT2D eigenvalue weighted by atomic mass is 10.7. The Morgan fingerprint density at radius 1 is 1.92 bits per heavy atom. The van der Waals surface area contributed by atoms with Gasteiger partial charge in [0.1, 0.15) is 0 Å². The highest BCUT2D eigenvalue weighted by molar-refractivity contribution is 5.68. The summed E-state index contributed by atoms with van der Waals surface area (Å²) in [5.41, 5.74) is 2.26. The highest BCUT2D eigenvalue weighted by Crippen LogP contribution is 1.70. The predicted molar refractivity (Wildman–Crippen MR) is 45.2 cm³/mol. The molecule has 12 heavy (non-hydrogen) atoms. The van der Waals surface area contributed by atoms with Gasteiger partial charge in [0.2, 0.25) is 0 Å². The molecule has 0 amide bonds. The van der Waals surface area contributed by atoms with Gasteiger partial charge in [0, 0.05) is 6.20 Å². The molecule has 66 valence electrons. The van der Waals surface area contributed by atoms with Gasteiger partial charge in [0.05, 0.1) is 0 Å². The van der Waals surface area contributed by atoms with Crippen LogP contribution in [0.3, 0.4) is 0 Å². The molecule has 0 fully saturated rings. The van der Waals surface area contributed by atoms with Crippen LogP contribution in [0.4, 0.5) is 0 Å². The molecule has 0 unspecified atom stereocenters. The average Bonchev–Trinajstić information content (AvgIpc) is 1.99. The molecule has 5 nitrogen and oxygen atoms in total. The van der Waals surface area contributed by atoms with Crippen molar-refractivity contribution in [2.24, 2.45) is 10.3 Å². The Morgan fingerprint density at radius 3 is 2.75 bits per heavy atom. The van der Waals surface area contributed by atoms with Crippen LogP contribution in [0.1, 0.15) is 6.92 Å². The molecule has 0 aromatic carbocycles. The number of carboxylic acids is 1. The molecular formula is C7H11N3O2. The molecule has 0 aliphatic rings. The lowest BCUT2D eigenvalue weighted by Crippen LogP contribution is -1.99. The monoisotopic (exact) mass is 169 g/mol. The van der Waals surface area contributed by atoms with Gasteiger partial charge in [-0.3, -0.25) is 10.2 Å². The summed E-state index contributed by atoms with van der Waals surface area (Å²) >= 11 is 0. The van der Waals surface area contributed by atoms with E-state index in [0.717, 1.165) is 0 Å². The van der Waals surface area contributed by atoms with Gasteiger partial charge in [-0.05, 0) is 6.92 Å². The van der Waals surface area contributed by atoms with E-state index in [-0.39, 0.29) is 6.54 Å². The molecule has 0 bridgehead atoms. The molecule has 0 spiro atoms. The molecule has 0 radical (unpaired) electrons. The number of terminal acetylenes is 1. The van der Waals surface area contributed by atoms with Crippen molar-refractivity contribution < 1.29 is 9.90 Å². The molecule has 0 heterocycles. The zero-order chi connectivity index (χ0) is 9.82. The van der Waals surface area contributed by atoms with E-state index in [1.54, 1.807) is 6.92 Å². The van der Waals surface area contributed by atoms with E-state index < -0.39 is 5.97 Å². The van der Waals surface area contributed by atoms with E-state index in [1.807, 2.05) is 0 Å². The van der Waals surface area contributed by atoms with Crippen LogP contribution in [0.15, 0.2) is 23.1 Å². The van der Waals surface area contributed by atoms with Gasteiger partial charge in [-0.25, -0.2) is 0 Å². The van der Waals surface area contributed by atoms with Crippen LogP contribution >= 0.6 is 0 Å². The minimum absolute atomic E-state index is 0.319. The number of nitrogens with one attached hydrogen (secondary N) is 1. The van der Waals surface area contributed by atoms with Crippen LogP contribution in [0.25, 0.3) is 0 Å². The van der Waals surface area contributed by atoms with Crippen molar-refractivity contribution in [1.29, 1.82) is 0 Å². The van der Waals surface area contributed by atoms with Gasteiger partial charge in [0.15, 0.2) is 6.54 Å². The zero-order valence-electron chi connectivity index (χ0n) is 6.82. The lowest BCUT2D eigenvalue weighted by molar-refractivity contribution is -0.135. The summed E-state index contributed by atoms with van der Waals surface area (Å²) in [5, 5.41) is 14.4. The van der Waals surface area contributed by atoms with Gasteiger partial charge in [-0.1, -0.05) is 11.8 Å². The molecule has 0 atom stereocenters. The van der Waals surface area contributed by atoms with E-state index >= 15 is 0 Å². The van der Waals surface area contributed by atoms with Gasteiger partial charge in [0.25, 0.3) is 0 Å². The minimum atomic E-state index is -1.01. The fourth-order valence-electron chi connectivity index (χ4n) is 0.177. The second-order valence-corrected chi connectivity index (χ2v) is 1.42. The first-order chi connectivity index (χ1) is 5.68. The van der Waals surface area contributed by atoms with Gasteiger partial charge in [-0.15, -0.1) is 12.3 Å². The zero-order valence-corrected chi connectivity index (χ0v) is 6.82. The molecule has 0 aliphatic heterocycles. The second-order valence-electron chi connectivity index (χ2n) is 1.42. The smallest absolute Gasteiger partial charge is 0.327 e. The Balaban J connectivity index is 0. The Labute approximate surface area is 71.2 Å². The van der Waals surface area contributed by atoms with E-state index in [1.165, 1.54) is 6.20 Å². The normalized spacial score (nSPS) is 7.67. The topological polar surface area (TPSA) is 74.0 Å². The maximum absolute atomic E-state index is 9.76. The fraction of sp³-hybridized carbons (Fsp3) is 0.286. The summed E-state index contributed by atoms with van der Waals surface area (Å²) in [6.07, 6.45) is 5.89. The molecular weight excluding hydrogens is 158 g/mol. The Kier molecular flexibility index (Phi) is 12.7. The number of carbonyl (C=O) groups is 1. The third kappa shape index (κ3) is 24.2. The van der Waals surface area contributed by atoms with Crippen molar-refractivity contribution in [3.63, 3.8) is 0 Å². The number of rotatable bonds is 4. The van der Waals surface area contributed by atoms with E-state index in [9.17, 15) is 4.79 Å². The van der Waals surface area contributed by atoms with Gasteiger partial charge in [-0.2, -0.15) is 5.11 Å². The number of nitrogens with zero attached hydrogens (tertiary/aromatic N) is 2. The predicted octanol–water partition coefficient (Wildman–Crippen LogP) is 0.811. The van der Waals surface area contributed by atoms with Crippen LogP contribution < -0.4 is 5.43 Å². The van der Waals surface area contributed by atoms with Crippen molar-refractivity contribution in [3.05, 3.63) is 12.8 Å². The molecule has 0 aromatic rings. The second kappa shape index (κ2) is 11.9. The number of carboxylic acid groups (broad SMARTS) is 1. The van der Waals surface area contributed by atoms with Crippen LogP contribution in [0.5, 0.6) is 0 Å². The van der Waals surface area contributed by atoms with E-state index in [0.29, 0.717) is 0 Å². The quantitative estimate of drug-likeness (QED) is 0.371. The molecule has 0 saturated carbocycles. The summed E-state index contributed by atoms with van der Waals surface area (Å²) < 4.78 is 0. The minimum Gasteiger partial charge on any atom is -0.480 e. The van der Waals surface area contributed by atoms with Crippen LogP contribution in [0.2, 0.25) is 0 Å². The molecule has 0 aliphatic carbocycles. The van der Waals surface area contributed by atoms with Gasteiger partial charge >= 0.3 is 5.97 Å². The molecule has 5 heteroatoms. The molecule has 0 aromatic heterocycles. The third-order valence-corrected chi connectivity index (χ3v) is 0.426. The summed E-state index contributed by atoms with van der Waals surface area (Å²) in [5.74, 6) is 1.24. The Morgan fingerprint density at radius 2 is 2.42 bits per heavy atom. The average molecular weight is 169 g/mol. The molecule has 0 rings (SSSR count). The first-order valence-corrected chi connectivity index (χ1v) is 3.01. The van der Waals surface area contributed by atoms with Crippen molar-refractivity contribution >= 4 is 5.97 Å². The van der Waals surface area contributed by atoms with Crippen molar-refractivity contribution in [2.45, 2.75) is 6.92 Å². The van der Waals surface area contributed by atoms with Crippen molar-refractivity contribution in [3.8, 4) is 12.3 Å². The van der Waals surface area contributed by atoms with E-state index in [2.05, 4.69) is 34.7 Å². The highest BCUT2D eigenvalue weighted by atomic mass is 16.4. The maximum atomic E-state index is 9.76. The Hall–Kier alpha value is -1.83. The number of aliphatic carboxylic acids is 1. The fourth-order valence-corrected chi connectivity index (χ4v) is 0.177. The standard InChI is InChI=1S/C4H7N3O2.C3H4/c1-2-5-7-6-3-4(8)9;1-3-2/h2H,1,3H2,(H,5,6)(H,8,9);1H,2H3. The highest BCUT2D eigenvalue weighted by Gasteiger charge is 1.88. The lowest BCUT2D eigenvalue weighted by Gasteiger charge is -1.83. The summed E-state index contributed by atoms with van der Waals surface area (Å²) in [4.78, 5) is 9.76. The van der Waals surface area contributed by atoms with E-state index in [4.69, 9.17) is 5.11 Å². The van der Waals surface area contributed by atoms with Crippen molar-refractivity contribution in [2.75, 3.05) is 6.54 Å². The summed E-state index contributed by atoms with van der Waals surface area (Å²) in [7, 11) is 0. The largest absolute Gasteiger partial charge is 0.480 e. The first-order valence-electron chi connectivity index (χ1n) is 3.01. The maximum Gasteiger partial charge on any atom is 0.327 e. The third-order valence-electron chi connectivity index (χ3n) is 0.426. The molecule has 0 saturated heterocycles. The number of hydrogen-bond acceptors (Lipinski definition) is 3. The first kappa shape index (κ1) is 12.8.